The van der Waals surface area contributed by atoms with Crippen LogP contribution in [-0.2, 0) is 16.2 Å². The summed E-state index contributed by atoms with van der Waals surface area (Å²) in [5.74, 6) is -3.32. The van der Waals surface area contributed by atoms with Gasteiger partial charge in [-0.2, -0.15) is 13.2 Å². The van der Waals surface area contributed by atoms with Gasteiger partial charge in [0.15, 0.2) is 0 Å². The number of alkyl halides is 3. The zero-order valence-electron chi connectivity index (χ0n) is 8.99. The lowest BCUT2D eigenvalue weighted by atomic mass is 10.2. The van der Waals surface area contributed by atoms with E-state index in [2.05, 4.69) is 9.82 Å². The van der Waals surface area contributed by atoms with Crippen LogP contribution in [0.2, 0.25) is 0 Å². The van der Waals surface area contributed by atoms with E-state index in [1.807, 2.05) is 0 Å². The van der Waals surface area contributed by atoms with Crippen LogP contribution in [-0.4, -0.2) is 17.1 Å². The van der Waals surface area contributed by atoms with Gasteiger partial charge in [0.2, 0.25) is 0 Å². The van der Waals surface area contributed by atoms with Gasteiger partial charge in [0.25, 0.3) is 5.91 Å². The molecule has 0 aromatic carbocycles. The van der Waals surface area contributed by atoms with Crippen LogP contribution in [0.5, 0.6) is 0 Å². The number of halogens is 3. The summed E-state index contributed by atoms with van der Waals surface area (Å²) in [4.78, 5) is 19.5. The summed E-state index contributed by atoms with van der Waals surface area (Å²) in [6.07, 6.45) is -1.53. The second-order valence-electron chi connectivity index (χ2n) is 3.38. The van der Waals surface area contributed by atoms with Crippen LogP contribution in [0.25, 0.3) is 0 Å². The summed E-state index contributed by atoms with van der Waals surface area (Å²) in [6, 6.07) is 3.32. The van der Waals surface area contributed by atoms with E-state index in [4.69, 9.17) is 0 Å². The zero-order valence-corrected chi connectivity index (χ0v) is 8.99. The van der Waals surface area contributed by atoms with Crippen molar-refractivity contribution in [2.75, 3.05) is 0 Å². The van der Waals surface area contributed by atoms with E-state index in [0.29, 0.717) is 5.56 Å². The lowest BCUT2D eigenvalue weighted by Gasteiger charge is -2.14. The van der Waals surface area contributed by atoms with Gasteiger partial charge in [-0.1, -0.05) is 6.07 Å². The van der Waals surface area contributed by atoms with E-state index in [0.717, 1.165) is 6.92 Å². The van der Waals surface area contributed by atoms with Gasteiger partial charge < -0.3 is 0 Å². The average Bonchev–Trinajstić information content (AvgIpc) is 2.28. The number of nitrogens with zero attached hydrogens (tertiary/aromatic N) is 1. The van der Waals surface area contributed by atoms with Gasteiger partial charge in [0.1, 0.15) is 12.5 Å². The molecule has 1 atom stereocenters. The van der Waals surface area contributed by atoms with Gasteiger partial charge in [-0.05, 0) is 18.6 Å². The summed E-state index contributed by atoms with van der Waals surface area (Å²) in [5, 5.41) is 0. The minimum atomic E-state index is -4.57. The Morgan fingerprint density at radius 3 is 2.82 bits per heavy atom. The Bertz CT molecular complexity index is 368. The normalized spacial score (nSPS) is 13.2. The van der Waals surface area contributed by atoms with Gasteiger partial charge in [0, 0.05) is 12.4 Å². The largest absolute Gasteiger partial charge is 0.400 e. The first kappa shape index (κ1) is 13.4. The van der Waals surface area contributed by atoms with Gasteiger partial charge in [-0.25, -0.2) is 5.48 Å². The molecule has 4 nitrogen and oxygen atoms in total. The predicted molar refractivity (Wildman–Crippen MR) is 52.4 cm³/mol. The van der Waals surface area contributed by atoms with Crippen LogP contribution in [0.15, 0.2) is 24.5 Å². The smallest absolute Gasteiger partial charge is 0.272 e. The van der Waals surface area contributed by atoms with Crippen molar-refractivity contribution in [2.24, 2.45) is 5.92 Å². The summed E-state index contributed by atoms with van der Waals surface area (Å²) in [6.45, 7) is 0.729. The summed E-state index contributed by atoms with van der Waals surface area (Å²) < 4.78 is 36.4. The fourth-order valence-corrected chi connectivity index (χ4v) is 0.911. The number of nitrogens with one attached hydrogen (secondary N) is 1. The molecule has 0 radical (unpaired) electrons. The third kappa shape index (κ3) is 4.39. The third-order valence-corrected chi connectivity index (χ3v) is 2.02. The fourth-order valence-electron chi connectivity index (χ4n) is 0.911. The van der Waals surface area contributed by atoms with Crippen LogP contribution in [0, 0.1) is 5.92 Å². The molecule has 0 saturated heterocycles. The van der Waals surface area contributed by atoms with Gasteiger partial charge in [0.05, 0.1) is 0 Å². The molecule has 0 aliphatic rings. The third-order valence-electron chi connectivity index (χ3n) is 2.02. The molecule has 17 heavy (non-hydrogen) atoms. The van der Waals surface area contributed by atoms with Crippen molar-refractivity contribution in [1.82, 2.24) is 10.5 Å². The quantitative estimate of drug-likeness (QED) is 0.827. The lowest BCUT2D eigenvalue weighted by Crippen LogP contribution is -2.37. The molecule has 0 fully saturated rings. The molecule has 1 amide bonds. The molecule has 1 aromatic rings. The molecule has 1 aromatic heterocycles. The van der Waals surface area contributed by atoms with E-state index in [1.54, 1.807) is 23.8 Å². The Labute approximate surface area is 95.8 Å². The molecule has 1 N–H and O–H groups in total. The fraction of sp³-hybridized carbons (Fsp3) is 0.400. The van der Waals surface area contributed by atoms with Crippen molar-refractivity contribution in [3.05, 3.63) is 30.1 Å². The van der Waals surface area contributed by atoms with Crippen LogP contribution in [0.3, 0.4) is 0 Å². The van der Waals surface area contributed by atoms with E-state index < -0.39 is 18.0 Å². The lowest BCUT2D eigenvalue weighted by molar-refractivity contribution is -0.186. The molecule has 0 aliphatic heterocycles. The number of amides is 1. The molecule has 1 unspecified atom stereocenters. The number of carbonyl (C=O) groups is 1. The van der Waals surface area contributed by atoms with Crippen LogP contribution >= 0.6 is 0 Å². The maximum absolute atomic E-state index is 12.1. The Morgan fingerprint density at radius 1 is 1.59 bits per heavy atom. The number of hydrogen-bond acceptors (Lipinski definition) is 3. The van der Waals surface area contributed by atoms with Crippen molar-refractivity contribution in [2.45, 2.75) is 19.7 Å². The number of carbonyl (C=O) groups excluding carboxylic acids is 1. The summed E-state index contributed by atoms with van der Waals surface area (Å²) in [5.41, 5.74) is 2.40. The average molecular weight is 248 g/mol. The topological polar surface area (TPSA) is 51.2 Å². The second-order valence-corrected chi connectivity index (χ2v) is 3.38. The number of rotatable bonds is 4. The molecule has 0 bridgehead atoms. The second kappa shape index (κ2) is 5.62. The van der Waals surface area contributed by atoms with Gasteiger partial charge in [-0.3, -0.25) is 14.6 Å². The Morgan fingerprint density at radius 2 is 2.29 bits per heavy atom. The van der Waals surface area contributed by atoms with Crippen molar-refractivity contribution in [3.63, 3.8) is 0 Å². The van der Waals surface area contributed by atoms with E-state index in [-0.39, 0.29) is 6.61 Å². The van der Waals surface area contributed by atoms with Crippen LogP contribution in [0.1, 0.15) is 12.5 Å². The molecule has 7 heteroatoms. The number of pyridine rings is 1. The molecule has 1 rings (SSSR count). The first-order valence-electron chi connectivity index (χ1n) is 4.78. The molecule has 0 aliphatic carbocycles. The van der Waals surface area contributed by atoms with E-state index >= 15 is 0 Å². The Hall–Kier alpha value is -1.63. The van der Waals surface area contributed by atoms with E-state index in [9.17, 15) is 18.0 Å². The van der Waals surface area contributed by atoms with E-state index in [1.165, 1.54) is 6.20 Å². The van der Waals surface area contributed by atoms with Crippen molar-refractivity contribution in [1.29, 1.82) is 0 Å². The maximum atomic E-state index is 12.1. The number of aromatic nitrogens is 1. The predicted octanol–water partition coefficient (Wildman–Crippen LogP) is 1.83. The number of hydroxylamine groups is 1. The summed E-state index contributed by atoms with van der Waals surface area (Å²) >= 11 is 0. The van der Waals surface area contributed by atoms with Crippen LogP contribution in [0.4, 0.5) is 13.2 Å². The monoisotopic (exact) mass is 248 g/mol. The first-order valence-corrected chi connectivity index (χ1v) is 4.78. The standard InChI is InChI=1S/C10H11F3N2O2/c1-7(10(11,12)13)9(16)15-17-6-8-3-2-4-14-5-8/h2-5,7H,6H2,1H3,(H,15,16). The van der Waals surface area contributed by atoms with Gasteiger partial charge >= 0.3 is 6.18 Å². The molecule has 1 heterocycles. The highest BCUT2D eigenvalue weighted by atomic mass is 19.4. The minimum absolute atomic E-state index is 0.0375. The molecular formula is C10H11F3N2O2. The molecule has 94 valence electrons. The minimum Gasteiger partial charge on any atom is -0.272 e. The highest BCUT2D eigenvalue weighted by Gasteiger charge is 2.41. The van der Waals surface area contributed by atoms with Crippen molar-refractivity contribution in [3.8, 4) is 0 Å². The molecule has 0 saturated carbocycles. The van der Waals surface area contributed by atoms with Crippen molar-refractivity contribution >= 4 is 5.91 Å². The van der Waals surface area contributed by atoms with Crippen molar-refractivity contribution < 1.29 is 22.8 Å². The summed E-state index contributed by atoms with van der Waals surface area (Å²) in [7, 11) is 0. The van der Waals surface area contributed by atoms with Crippen LogP contribution < -0.4 is 5.48 Å². The first-order chi connectivity index (χ1) is 7.91. The molecule has 0 spiro atoms. The number of hydrogen-bond donors (Lipinski definition) is 1. The highest BCUT2D eigenvalue weighted by molar-refractivity contribution is 5.77. The Balaban J connectivity index is 2.35. The highest BCUT2D eigenvalue weighted by Crippen LogP contribution is 2.25. The molecular weight excluding hydrogens is 237 g/mol. The SMILES string of the molecule is CC(C(=O)NOCc1cccnc1)C(F)(F)F. The zero-order chi connectivity index (χ0) is 12.9. The van der Waals surface area contributed by atoms with Gasteiger partial charge in [-0.15, -0.1) is 0 Å². The Kier molecular flexibility index (Phi) is 4.45. The maximum Gasteiger partial charge on any atom is 0.400 e.